The number of nitrogens with one attached hydrogen (secondary N) is 1. The van der Waals surface area contributed by atoms with Crippen molar-refractivity contribution in [2.24, 2.45) is 5.92 Å². The number of ether oxygens (including phenoxy) is 1. The summed E-state index contributed by atoms with van der Waals surface area (Å²) in [6.45, 7) is 5.12. The van der Waals surface area contributed by atoms with Crippen molar-refractivity contribution in [3.05, 3.63) is 0 Å². The van der Waals surface area contributed by atoms with E-state index in [0.717, 1.165) is 19.3 Å². The summed E-state index contributed by atoms with van der Waals surface area (Å²) < 4.78 is 5.43. The minimum Gasteiger partial charge on any atom is -0.379 e. The van der Waals surface area contributed by atoms with E-state index >= 15 is 0 Å². The highest BCUT2D eigenvalue weighted by Gasteiger charge is 2.58. The summed E-state index contributed by atoms with van der Waals surface area (Å²) in [5.41, 5.74) is -0.666. The van der Waals surface area contributed by atoms with E-state index in [2.05, 4.69) is 5.32 Å². The lowest BCUT2D eigenvalue weighted by atomic mass is 9.86. The molecule has 0 radical (unpaired) electrons. The van der Waals surface area contributed by atoms with E-state index in [4.69, 9.17) is 4.74 Å². The smallest absolute Gasteiger partial charge is 0.246 e. The molecular formula is C14H22N2O3. The van der Waals surface area contributed by atoms with E-state index in [1.54, 1.807) is 0 Å². The van der Waals surface area contributed by atoms with Crippen LogP contribution >= 0.6 is 0 Å². The Kier molecular flexibility index (Phi) is 3.04. The molecule has 5 heteroatoms. The molecule has 0 bridgehead atoms. The number of hydrogen-bond donors (Lipinski definition) is 1. The molecule has 3 rings (SSSR count). The van der Waals surface area contributed by atoms with Gasteiger partial charge in [0.1, 0.15) is 11.6 Å². The molecule has 3 atom stereocenters. The third-order valence-corrected chi connectivity index (χ3v) is 4.85. The van der Waals surface area contributed by atoms with Crippen LogP contribution in [0.2, 0.25) is 0 Å². The summed E-state index contributed by atoms with van der Waals surface area (Å²) >= 11 is 0. The van der Waals surface area contributed by atoms with Crippen molar-refractivity contribution < 1.29 is 14.3 Å². The molecule has 3 aliphatic rings. The first-order chi connectivity index (χ1) is 9.09. The first-order valence-electron chi connectivity index (χ1n) is 7.31. The largest absolute Gasteiger partial charge is 0.379 e. The van der Waals surface area contributed by atoms with Crippen LogP contribution in [0.4, 0.5) is 0 Å². The Morgan fingerprint density at radius 2 is 2.11 bits per heavy atom. The summed E-state index contributed by atoms with van der Waals surface area (Å²) in [6, 6.07) is -0.293. The van der Waals surface area contributed by atoms with E-state index in [-0.39, 0.29) is 23.9 Å². The van der Waals surface area contributed by atoms with E-state index in [9.17, 15) is 9.59 Å². The van der Waals surface area contributed by atoms with Gasteiger partial charge in [-0.2, -0.15) is 0 Å². The first-order valence-corrected chi connectivity index (χ1v) is 7.31. The van der Waals surface area contributed by atoms with Crippen LogP contribution in [-0.2, 0) is 14.3 Å². The lowest BCUT2D eigenvalue weighted by Gasteiger charge is -2.49. The minimum atomic E-state index is -0.666. The average Bonchev–Trinajstić information content (AvgIpc) is 3.13. The van der Waals surface area contributed by atoms with Crippen LogP contribution in [0.3, 0.4) is 0 Å². The fourth-order valence-electron chi connectivity index (χ4n) is 3.46. The number of carbonyl (C=O) groups excluding carboxylic acids is 2. The molecule has 3 fully saturated rings. The summed E-state index contributed by atoms with van der Waals surface area (Å²) in [5.74, 6) is 0.412. The lowest BCUT2D eigenvalue weighted by molar-refractivity contribution is -0.161. The van der Waals surface area contributed by atoms with Gasteiger partial charge in [-0.1, -0.05) is 6.92 Å². The zero-order valence-electron chi connectivity index (χ0n) is 11.6. The molecule has 19 heavy (non-hydrogen) atoms. The van der Waals surface area contributed by atoms with Crippen molar-refractivity contribution in [1.29, 1.82) is 0 Å². The van der Waals surface area contributed by atoms with Crippen molar-refractivity contribution in [1.82, 2.24) is 10.2 Å². The summed E-state index contributed by atoms with van der Waals surface area (Å²) in [4.78, 5) is 27.1. The Hall–Kier alpha value is -1.10. The molecule has 0 aromatic carbocycles. The van der Waals surface area contributed by atoms with E-state index in [0.29, 0.717) is 25.6 Å². The van der Waals surface area contributed by atoms with Gasteiger partial charge in [0.2, 0.25) is 11.8 Å². The van der Waals surface area contributed by atoms with Crippen LogP contribution in [0.15, 0.2) is 0 Å². The van der Waals surface area contributed by atoms with E-state index in [1.807, 2.05) is 18.7 Å². The van der Waals surface area contributed by atoms with Crippen molar-refractivity contribution in [3.63, 3.8) is 0 Å². The second-order valence-corrected chi connectivity index (χ2v) is 6.08. The molecule has 2 saturated heterocycles. The maximum Gasteiger partial charge on any atom is 0.246 e. The predicted octanol–water partition coefficient (Wildman–Crippen LogP) is 0.681. The number of hydrogen-bond acceptors (Lipinski definition) is 3. The number of nitrogens with zero attached hydrogens (tertiary/aromatic N) is 1. The van der Waals surface area contributed by atoms with Gasteiger partial charge in [0.25, 0.3) is 0 Å². The Balaban J connectivity index is 1.95. The van der Waals surface area contributed by atoms with E-state index in [1.165, 1.54) is 0 Å². The molecule has 1 N–H and O–H groups in total. The molecule has 0 spiro atoms. The van der Waals surface area contributed by atoms with Gasteiger partial charge in [-0.15, -0.1) is 0 Å². The molecule has 2 amide bonds. The van der Waals surface area contributed by atoms with Gasteiger partial charge in [0, 0.05) is 6.61 Å². The molecule has 2 heterocycles. The topological polar surface area (TPSA) is 58.6 Å². The maximum absolute atomic E-state index is 12.7. The number of rotatable bonds is 3. The van der Waals surface area contributed by atoms with Crippen LogP contribution in [0.5, 0.6) is 0 Å². The molecule has 0 aromatic heterocycles. The highest BCUT2D eigenvalue weighted by atomic mass is 16.5. The number of amides is 2. The third kappa shape index (κ3) is 1.86. The molecule has 106 valence electrons. The average molecular weight is 266 g/mol. The van der Waals surface area contributed by atoms with Crippen molar-refractivity contribution in [2.45, 2.75) is 57.2 Å². The molecule has 0 aromatic rings. The van der Waals surface area contributed by atoms with E-state index < -0.39 is 5.54 Å². The number of carbonyl (C=O) groups is 2. The predicted molar refractivity (Wildman–Crippen MR) is 69.4 cm³/mol. The Bertz CT molecular complexity index is 401. The highest BCUT2D eigenvalue weighted by molar-refractivity contribution is 6.00. The molecule has 2 aliphatic heterocycles. The maximum atomic E-state index is 12.7. The Labute approximate surface area is 113 Å². The second kappa shape index (κ2) is 4.47. The third-order valence-electron chi connectivity index (χ3n) is 4.85. The van der Waals surface area contributed by atoms with Gasteiger partial charge in [-0.25, -0.2) is 0 Å². The quantitative estimate of drug-likeness (QED) is 0.817. The molecule has 1 aliphatic carbocycles. The summed E-state index contributed by atoms with van der Waals surface area (Å²) in [5, 5.41) is 2.91. The standard InChI is InChI=1S/C14H22N2O3/c1-3-11-12(17)16(10-6-7-19-8-10)14(2,9-4-5-9)13(18)15-11/h9-11H,3-8H2,1-2H3,(H,15,18). The SMILES string of the molecule is CCC1NC(=O)C(C)(C2CC2)N(C2CCOC2)C1=O. The molecule has 1 saturated carbocycles. The molecule has 3 unspecified atom stereocenters. The minimum absolute atomic E-state index is 0.0216. The highest BCUT2D eigenvalue weighted by Crippen LogP contribution is 2.46. The fraction of sp³-hybridized carbons (Fsp3) is 0.857. The van der Waals surface area contributed by atoms with Crippen LogP contribution in [0, 0.1) is 5.92 Å². The van der Waals surface area contributed by atoms with Gasteiger partial charge in [0.05, 0.1) is 12.6 Å². The Morgan fingerprint density at radius 1 is 1.37 bits per heavy atom. The fourth-order valence-corrected chi connectivity index (χ4v) is 3.46. The van der Waals surface area contributed by atoms with Crippen molar-refractivity contribution in [2.75, 3.05) is 13.2 Å². The zero-order chi connectivity index (χ0) is 13.6. The van der Waals surface area contributed by atoms with Gasteiger partial charge < -0.3 is 15.0 Å². The van der Waals surface area contributed by atoms with Crippen molar-refractivity contribution >= 4 is 11.8 Å². The number of piperazine rings is 1. The zero-order valence-corrected chi connectivity index (χ0v) is 11.6. The molecular weight excluding hydrogens is 244 g/mol. The Morgan fingerprint density at radius 3 is 2.63 bits per heavy atom. The van der Waals surface area contributed by atoms with Crippen LogP contribution in [0.1, 0.15) is 39.5 Å². The van der Waals surface area contributed by atoms with Gasteiger partial charge in [-0.3, -0.25) is 9.59 Å². The lowest BCUT2D eigenvalue weighted by Crippen LogP contribution is -2.72. The van der Waals surface area contributed by atoms with Gasteiger partial charge in [0.15, 0.2) is 0 Å². The summed E-state index contributed by atoms with van der Waals surface area (Å²) in [7, 11) is 0. The van der Waals surface area contributed by atoms with Crippen molar-refractivity contribution in [3.8, 4) is 0 Å². The summed E-state index contributed by atoms with van der Waals surface area (Å²) in [6.07, 6.45) is 3.57. The molecule has 5 nitrogen and oxygen atoms in total. The van der Waals surface area contributed by atoms with Gasteiger partial charge >= 0.3 is 0 Å². The van der Waals surface area contributed by atoms with Crippen LogP contribution in [0.25, 0.3) is 0 Å². The second-order valence-electron chi connectivity index (χ2n) is 6.08. The first kappa shape index (κ1) is 12.9. The van der Waals surface area contributed by atoms with Crippen LogP contribution < -0.4 is 5.32 Å². The van der Waals surface area contributed by atoms with Crippen LogP contribution in [-0.4, -0.2) is 47.6 Å². The normalized spacial score (nSPS) is 39.6. The van der Waals surface area contributed by atoms with Gasteiger partial charge in [-0.05, 0) is 38.5 Å². The monoisotopic (exact) mass is 266 g/mol.